The van der Waals surface area contributed by atoms with E-state index in [-0.39, 0.29) is 15.8 Å². The lowest BCUT2D eigenvalue weighted by molar-refractivity contribution is 0.596. The Kier molecular flexibility index (Phi) is 4.00. The van der Waals surface area contributed by atoms with Gasteiger partial charge >= 0.3 is 0 Å². The average Bonchev–Trinajstić information content (AvgIpc) is 2.14. The Morgan fingerprint density at radius 1 is 1.40 bits per heavy atom. The van der Waals surface area contributed by atoms with Crippen molar-refractivity contribution in [3.05, 3.63) is 20.0 Å². The summed E-state index contributed by atoms with van der Waals surface area (Å²) in [5.41, 5.74) is 1.45. The van der Waals surface area contributed by atoms with E-state index in [0.29, 0.717) is 5.56 Å². The van der Waals surface area contributed by atoms with Crippen LogP contribution in [0.2, 0.25) is 5.15 Å². The fourth-order valence-electron chi connectivity index (χ4n) is 1.28. The van der Waals surface area contributed by atoms with Crippen LogP contribution in [0.5, 0.6) is 0 Å². The van der Waals surface area contributed by atoms with Crippen molar-refractivity contribution >= 4 is 44.0 Å². The summed E-state index contributed by atoms with van der Waals surface area (Å²) in [6, 6.07) is 0. The van der Waals surface area contributed by atoms with Crippen LogP contribution in [0, 0.1) is 17.4 Å². The van der Waals surface area contributed by atoms with Gasteiger partial charge < -0.3 is 0 Å². The highest BCUT2D eigenvalue weighted by Crippen LogP contribution is 2.29. The van der Waals surface area contributed by atoms with Crippen molar-refractivity contribution in [2.75, 3.05) is 5.75 Å². The minimum atomic E-state index is -3.30. The number of aryl methyl sites for hydroxylation is 1. The van der Waals surface area contributed by atoms with Crippen molar-refractivity contribution in [1.29, 1.82) is 0 Å². The summed E-state index contributed by atoms with van der Waals surface area (Å²) in [4.78, 5) is 4.20. The maximum absolute atomic E-state index is 11.8. The molecule has 0 atom stereocenters. The van der Waals surface area contributed by atoms with Crippen LogP contribution in [0.1, 0.15) is 18.2 Å². The summed E-state index contributed by atoms with van der Waals surface area (Å²) >= 11 is 7.96. The highest BCUT2D eigenvalue weighted by Gasteiger charge is 2.22. The largest absolute Gasteiger partial charge is 0.239 e. The lowest BCUT2D eigenvalue weighted by Crippen LogP contribution is -2.10. The van der Waals surface area contributed by atoms with Crippen molar-refractivity contribution in [2.24, 2.45) is 0 Å². The van der Waals surface area contributed by atoms with E-state index in [1.165, 1.54) is 0 Å². The summed E-state index contributed by atoms with van der Waals surface area (Å²) in [5.74, 6) is 0.0361. The molecule has 0 N–H and O–H groups in total. The number of rotatable bonds is 2. The van der Waals surface area contributed by atoms with E-state index in [1.807, 2.05) is 6.92 Å². The van der Waals surface area contributed by atoms with Crippen LogP contribution in [0.3, 0.4) is 0 Å². The van der Waals surface area contributed by atoms with Gasteiger partial charge in [-0.15, -0.1) is 0 Å². The molecule has 0 unspecified atom stereocenters. The van der Waals surface area contributed by atoms with Crippen molar-refractivity contribution in [1.82, 2.24) is 4.98 Å². The molecule has 1 aromatic rings. The molecule has 0 radical (unpaired) electrons. The minimum Gasteiger partial charge on any atom is -0.239 e. The second-order valence-electron chi connectivity index (χ2n) is 3.16. The molecule has 0 saturated heterocycles. The van der Waals surface area contributed by atoms with E-state index >= 15 is 0 Å². The van der Waals surface area contributed by atoms with E-state index in [9.17, 15) is 8.42 Å². The minimum absolute atomic E-state index is 0.0361. The standard InChI is InChI=1S/C9H11ClINO2S/c1-4-15(13,14)8-5(2)7(11)6(3)12-9(8)10/h4H2,1-3H3. The molecule has 0 saturated carbocycles. The molecule has 0 aliphatic carbocycles. The molecule has 6 heteroatoms. The Labute approximate surface area is 108 Å². The summed E-state index contributed by atoms with van der Waals surface area (Å²) in [7, 11) is -3.30. The smallest absolute Gasteiger partial charge is 0.181 e. The first kappa shape index (κ1) is 13.2. The number of sulfone groups is 1. The molecule has 0 fully saturated rings. The zero-order valence-corrected chi connectivity index (χ0v) is 12.4. The second-order valence-corrected chi connectivity index (χ2v) is 6.81. The molecule has 0 aliphatic rings. The molecule has 0 amide bonds. The highest BCUT2D eigenvalue weighted by atomic mass is 127. The molecule has 3 nitrogen and oxygen atoms in total. The number of hydrogen-bond donors (Lipinski definition) is 0. The topological polar surface area (TPSA) is 47.0 Å². The Hall–Kier alpha value is 0.120. The summed E-state index contributed by atoms with van der Waals surface area (Å²) in [6.45, 7) is 5.16. The van der Waals surface area contributed by atoms with Gasteiger partial charge in [-0.3, -0.25) is 0 Å². The third kappa shape index (κ3) is 2.45. The normalized spacial score (nSPS) is 11.8. The van der Waals surface area contributed by atoms with E-state index in [2.05, 4.69) is 27.6 Å². The molecule has 1 heterocycles. The van der Waals surface area contributed by atoms with Crippen molar-refractivity contribution in [2.45, 2.75) is 25.7 Å². The molecular formula is C9H11ClINO2S. The maximum atomic E-state index is 11.8. The van der Waals surface area contributed by atoms with Gasteiger partial charge in [-0.05, 0) is 42.0 Å². The first-order valence-corrected chi connectivity index (χ1v) is 7.47. The Morgan fingerprint density at radius 2 is 1.93 bits per heavy atom. The molecule has 15 heavy (non-hydrogen) atoms. The quantitative estimate of drug-likeness (QED) is 0.602. The SMILES string of the molecule is CCS(=O)(=O)c1c(Cl)nc(C)c(I)c1C. The van der Waals surface area contributed by atoms with Crippen molar-refractivity contribution in [3.8, 4) is 0 Å². The summed E-state index contributed by atoms with van der Waals surface area (Å²) in [6.07, 6.45) is 0. The molecule has 0 aliphatic heterocycles. The van der Waals surface area contributed by atoms with Gasteiger partial charge in [0.05, 0.1) is 11.4 Å². The molecule has 84 valence electrons. The van der Waals surface area contributed by atoms with Gasteiger partial charge in [0.1, 0.15) is 10.0 Å². The van der Waals surface area contributed by atoms with E-state index in [4.69, 9.17) is 11.6 Å². The monoisotopic (exact) mass is 359 g/mol. The third-order valence-electron chi connectivity index (χ3n) is 2.13. The van der Waals surface area contributed by atoms with Crippen LogP contribution in [0.25, 0.3) is 0 Å². The van der Waals surface area contributed by atoms with E-state index < -0.39 is 9.84 Å². The van der Waals surface area contributed by atoms with Gasteiger partial charge in [-0.25, -0.2) is 13.4 Å². The van der Waals surface area contributed by atoms with Crippen LogP contribution < -0.4 is 0 Å². The highest BCUT2D eigenvalue weighted by molar-refractivity contribution is 14.1. The van der Waals surface area contributed by atoms with E-state index in [0.717, 1.165) is 9.26 Å². The van der Waals surface area contributed by atoms with Gasteiger partial charge in [0, 0.05) is 3.57 Å². The number of aromatic nitrogens is 1. The van der Waals surface area contributed by atoms with Crippen LogP contribution >= 0.6 is 34.2 Å². The predicted octanol–water partition coefficient (Wildman–Crippen LogP) is 2.75. The lowest BCUT2D eigenvalue weighted by Gasteiger charge is -2.11. The summed E-state index contributed by atoms with van der Waals surface area (Å²) in [5, 5.41) is 0.0762. The molecule has 0 bridgehead atoms. The molecule has 1 rings (SSSR count). The Bertz CT molecular complexity index is 499. The van der Waals surface area contributed by atoms with Gasteiger partial charge in [0.25, 0.3) is 0 Å². The van der Waals surface area contributed by atoms with Gasteiger partial charge in [-0.2, -0.15) is 0 Å². The molecule has 0 aromatic carbocycles. The fraction of sp³-hybridized carbons (Fsp3) is 0.444. The lowest BCUT2D eigenvalue weighted by atomic mass is 10.2. The zero-order chi connectivity index (χ0) is 11.8. The number of hydrogen-bond acceptors (Lipinski definition) is 3. The predicted molar refractivity (Wildman–Crippen MR) is 69.2 cm³/mol. The maximum Gasteiger partial charge on any atom is 0.181 e. The first-order chi connectivity index (χ1) is 6.81. The van der Waals surface area contributed by atoms with Crippen LogP contribution in [0.4, 0.5) is 0 Å². The fourth-order valence-corrected chi connectivity index (χ4v) is 3.63. The molecular weight excluding hydrogens is 349 g/mol. The Morgan fingerprint density at radius 3 is 2.40 bits per heavy atom. The van der Waals surface area contributed by atoms with Gasteiger partial charge in [-0.1, -0.05) is 18.5 Å². The third-order valence-corrected chi connectivity index (χ3v) is 5.99. The molecule has 0 spiro atoms. The molecule has 1 aromatic heterocycles. The van der Waals surface area contributed by atoms with Gasteiger partial charge in [0.15, 0.2) is 9.84 Å². The Balaban J connectivity index is 3.65. The van der Waals surface area contributed by atoms with E-state index in [1.54, 1.807) is 13.8 Å². The van der Waals surface area contributed by atoms with Crippen molar-refractivity contribution < 1.29 is 8.42 Å². The van der Waals surface area contributed by atoms with Crippen LogP contribution in [0.15, 0.2) is 4.90 Å². The average molecular weight is 360 g/mol. The number of pyridine rings is 1. The van der Waals surface area contributed by atoms with Crippen molar-refractivity contribution in [3.63, 3.8) is 0 Å². The van der Waals surface area contributed by atoms with Gasteiger partial charge in [0.2, 0.25) is 0 Å². The number of halogens is 2. The zero-order valence-electron chi connectivity index (χ0n) is 8.63. The van der Waals surface area contributed by atoms with Crippen LogP contribution in [-0.2, 0) is 9.84 Å². The number of nitrogens with zero attached hydrogens (tertiary/aromatic N) is 1. The first-order valence-electron chi connectivity index (χ1n) is 4.36. The summed E-state index contributed by atoms with van der Waals surface area (Å²) < 4.78 is 24.4. The second kappa shape index (κ2) is 4.55. The van der Waals surface area contributed by atoms with Crippen LogP contribution in [-0.4, -0.2) is 19.2 Å².